The van der Waals surface area contributed by atoms with Gasteiger partial charge in [-0.3, -0.25) is 0 Å². The molecule has 0 N–H and O–H groups in total. The van der Waals surface area contributed by atoms with Gasteiger partial charge in [-0.2, -0.15) is 0 Å². The predicted molar refractivity (Wildman–Crippen MR) is 177 cm³/mol. The Bertz CT molecular complexity index is 528. The summed E-state index contributed by atoms with van der Waals surface area (Å²) in [6, 6.07) is 2.09. The van der Waals surface area contributed by atoms with E-state index in [0.717, 1.165) is 77.0 Å². The molecule has 0 aromatic rings. The molecule has 0 aromatic carbocycles. The SMILES string of the molecule is CCCOCC(COCCC)OCCC[Si](C)(C)O[Si](C)(C)O[Si](C)(C)CCCOC(COCCC)COCCC. The second-order valence-electron chi connectivity index (χ2n) is 12.6. The number of rotatable bonds is 30. The van der Waals surface area contributed by atoms with Crippen molar-refractivity contribution in [2.45, 2.75) is 130 Å². The molecule has 248 valence electrons. The largest absolute Gasteiger partial charge is 0.437 e. The first-order valence-electron chi connectivity index (χ1n) is 16.3. The first-order chi connectivity index (χ1) is 19.4. The van der Waals surface area contributed by atoms with Crippen LogP contribution in [0.2, 0.25) is 51.4 Å². The Morgan fingerprint density at radius 1 is 0.439 bits per heavy atom. The fourth-order valence-electron chi connectivity index (χ4n) is 4.67. The molecule has 0 saturated heterocycles. The van der Waals surface area contributed by atoms with E-state index in [0.29, 0.717) is 39.6 Å². The Labute approximate surface area is 257 Å². The molecule has 0 radical (unpaired) electrons. The summed E-state index contributed by atoms with van der Waals surface area (Å²) in [5.74, 6) is 0. The lowest BCUT2D eigenvalue weighted by Gasteiger charge is -2.39. The number of ether oxygens (including phenoxy) is 6. The van der Waals surface area contributed by atoms with Crippen LogP contribution in [0.1, 0.15) is 66.2 Å². The average molecular weight is 641 g/mol. The van der Waals surface area contributed by atoms with E-state index in [9.17, 15) is 0 Å². The smallest absolute Gasteiger partial charge is 0.311 e. The molecular weight excluding hydrogens is 573 g/mol. The molecule has 0 heterocycles. The van der Waals surface area contributed by atoms with Crippen molar-refractivity contribution in [2.75, 3.05) is 66.1 Å². The van der Waals surface area contributed by atoms with Crippen LogP contribution in [0, 0.1) is 0 Å². The van der Waals surface area contributed by atoms with Gasteiger partial charge >= 0.3 is 8.56 Å². The van der Waals surface area contributed by atoms with Crippen LogP contribution in [0.3, 0.4) is 0 Å². The van der Waals surface area contributed by atoms with Crippen molar-refractivity contribution >= 4 is 25.2 Å². The molecule has 0 aliphatic carbocycles. The van der Waals surface area contributed by atoms with E-state index in [2.05, 4.69) is 67.0 Å². The number of hydrogen-bond donors (Lipinski definition) is 0. The zero-order chi connectivity index (χ0) is 31.0. The fourth-order valence-corrected chi connectivity index (χ4v) is 18.7. The van der Waals surface area contributed by atoms with Gasteiger partial charge in [0.15, 0.2) is 16.6 Å². The molecule has 0 bridgehead atoms. The molecule has 0 rings (SSSR count). The molecule has 0 aliphatic rings. The van der Waals surface area contributed by atoms with Crippen LogP contribution < -0.4 is 0 Å². The lowest BCUT2D eigenvalue weighted by molar-refractivity contribution is -0.0596. The Hall–Kier alpha value is 0.331. The molecule has 0 saturated carbocycles. The highest BCUT2D eigenvalue weighted by Gasteiger charge is 2.39. The Kier molecular flexibility index (Phi) is 24.8. The standard InChI is InChI=1S/C30H68O8Si3/c1-11-17-31-25-29(26-32-18-12-2)35-21-15-23-39(5,6)37-41(9,10)38-40(7,8)24-16-22-36-30(27-33-19-13-3)28-34-20-14-4/h29-30H,11-28H2,1-10H3. The maximum absolute atomic E-state index is 6.80. The summed E-state index contributed by atoms with van der Waals surface area (Å²) in [5.41, 5.74) is 0. The number of hydrogen-bond acceptors (Lipinski definition) is 8. The quantitative estimate of drug-likeness (QED) is 0.0595. The third kappa shape index (κ3) is 25.4. The van der Waals surface area contributed by atoms with Crippen LogP contribution in [0.5, 0.6) is 0 Å². The molecule has 0 aromatic heterocycles. The molecule has 0 atom stereocenters. The van der Waals surface area contributed by atoms with Crippen LogP contribution in [-0.2, 0) is 36.7 Å². The van der Waals surface area contributed by atoms with E-state index >= 15 is 0 Å². The second kappa shape index (κ2) is 24.6. The van der Waals surface area contributed by atoms with Crippen LogP contribution in [-0.4, -0.2) is 103 Å². The molecular formula is C30H68O8Si3. The summed E-state index contributed by atoms with van der Waals surface area (Å²) in [6.45, 7) is 28.9. The van der Waals surface area contributed by atoms with Crippen LogP contribution in [0.15, 0.2) is 0 Å². The Balaban J connectivity index is 4.55. The van der Waals surface area contributed by atoms with Gasteiger partial charge in [-0.1, -0.05) is 27.7 Å². The molecule has 0 unspecified atom stereocenters. The van der Waals surface area contributed by atoms with Gasteiger partial charge in [0.2, 0.25) is 0 Å². The molecule has 0 amide bonds. The van der Waals surface area contributed by atoms with Crippen molar-refractivity contribution in [3.63, 3.8) is 0 Å². The average Bonchev–Trinajstić information content (AvgIpc) is 2.87. The highest BCUT2D eigenvalue weighted by molar-refractivity contribution is 6.87. The van der Waals surface area contributed by atoms with Gasteiger partial charge in [0, 0.05) is 39.6 Å². The van der Waals surface area contributed by atoms with E-state index in [1.807, 2.05) is 0 Å². The van der Waals surface area contributed by atoms with E-state index in [1.165, 1.54) is 0 Å². The van der Waals surface area contributed by atoms with E-state index in [-0.39, 0.29) is 12.2 Å². The van der Waals surface area contributed by atoms with E-state index in [4.69, 9.17) is 36.7 Å². The maximum atomic E-state index is 6.80. The zero-order valence-electron chi connectivity index (χ0n) is 28.6. The molecule has 11 heteroatoms. The predicted octanol–water partition coefficient (Wildman–Crippen LogP) is 7.39. The van der Waals surface area contributed by atoms with Gasteiger partial charge in [-0.05, 0) is 89.9 Å². The third-order valence-electron chi connectivity index (χ3n) is 6.21. The summed E-state index contributed by atoms with van der Waals surface area (Å²) < 4.78 is 48.8. The minimum Gasteiger partial charge on any atom is -0.437 e. The lowest BCUT2D eigenvalue weighted by atomic mass is 10.4. The normalized spacial score (nSPS) is 13.2. The van der Waals surface area contributed by atoms with Crippen molar-refractivity contribution in [3.05, 3.63) is 0 Å². The minimum absolute atomic E-state index is 0.00765. The molecule has 0 fully saturated rings. The van der Waals surface area contributed by atoms with Crippen LogP contribution in [0.25, 0.3) is 0 Å². The summed E-state index contributed by atoms with van der Waals surface area (Å²) in [4.78, 5) is 0. The topological polar surface area (TPSA) is 73.8 Å². The maximum Gasteiger partial charge on any atom is 0.311 e. The summed E-state index contributed by atoms with van der Waals surface area (Å²) in [7, 11) is -6.05. The Morgan fingerprint density at radius 2 is 0.732 bits per heavy atom. The van der Waals surface area contributed by atoms with Gasteiger partial charge in [-0.25, -0.2) is 0 Å². The van der Waals surface area contributed by atoms with Crippen molar-refractivity contribution in [1.29, 1.82) is 0 Å². The second-order valence-corrected chi connectivity index (χ2v) is 25.1. The van der Waals surface area contributed by atoms with Gasteiger partial charge in [-0.15, -0.1) is 0 Å². The first-order valence-corrected chi connectivity index (χ1v) is 25.4. The van der Waals surface area contributed by atoms with Crippen molar-refractivity contribution < 1.29 is 36.7 Å². The van der Waals surface area contributed by atoms with Gasteiger partial charge in [0.25, 0.3) is 0 Å². The highest BCUT2D eigenvalue weighted by Crippen LogP contribution is 2.26. The van der Waals surface area contributed by atoms with E-state index < -0.39 is 25.2 Å². The molecule has 0 aliphatic heterocycles. The first kappa shape index (κ1) is 41.3. The molecule has 0 spiro atoms. The third-order valence-corrected chi connectivity index (χ3v) is 17.7. The Morgan fingerprint density at radius 3 is 1.00 bits per heavy atom. The highest BCUT2D eigenvalue weighted by atomic mass is 28.5. The molecule has 8 nitrogen and oxygen atoms in total. The summed E-state index contributed by atoms with van der Waals surface area (Å²) in [6.07, 6.45) is 5.99. The van der Waals surface area contributed by atoms with E-state index in [1.54, 1.807) is 0 Å². The summed E-state index contributed by atoms with van der Waals surface area (Å²) in [5, 5.41) is 0. The molecule has 41 heavy (non-hydrogen) atoms. The lowest BCUT2D eigenvalue weighted by Crippen LogP contribution is -2.52. The van der Waals surface area contributed by atoms with Crippen molar-refractivity contribution in [2.24, 2.45) is 0 Å². The summed E-state index contributed by atoms with van der Waals surface area (Å²) >= 11 is 0. The van der Waals surface area contributed by atoms with Gasteiger partial charge < -0.3 is 36.7 Å². The van der Waals surface area contributed by atoms with Gasteiger partial charge in [0.05, 0.1) is 26.4 Å². The van der Waals surface area contributed by atoms with Crippen molar-refractivity contribution in [3.8, 4) is 0 Å². The van der Waals surface area contributed by atoms with Crippen molar-refractivity contribution in [1.82, 2.24) is 0 Å². The zero-order valence-corrected chi connectivity index (χ0v) is 31.6. The fraction of sp³-hybridized carbons (Fsp3) is 1.00. The monoisotopic (exact) mass is 640 g/mol. The minimum atomic E-state index is -2.26. The van der Waals surface area contributed by atoms with Crippen LogP contribution in [0.4, 0.5) is 0 Å². The van der Waals surface area contributed by atoms with Crippen LogP contribution >= 0.6 is 0 Å². The van der Waals surface area contributed by atoms with Gasteiger partial charge in [0.1, 0.15) is 12.2 Å².